The molecule has 1 N–H and O–H groups in total. The lowest BCUT2D eigenvalue weighted by molar-refractivity contribution is -0.112. The number of fused-ring (bicyclic) bond motifs is 4. The summed E-state index contributed by atoms with van der Waals surface area (Å²) in [6.07, 6.45) is 0. The average molecular weight is 443 g/mol. The van der Waals surface area contributed by atoms with Gasteiger partial charge in [-0.15, -0.1) is 0 Å². The molecule has 3 aromatic carbocycles. The molecule has 0 amide bonds. The third kappa shape index (κ3) is 3.09. The van der Waals surface area contributed by atoms with Crippen molar-refractivity contribution < 1.29 is 23.8 Å². The van der Waals surface area contributed by atoms with E-state index < -0.39 is 23.2 Å². The van der Waals surface area contributed by atoms with Gasteiger partial charge in [-0.25, -0.2) is 0 Å². The van der Waals surface area contributed by atoms with Gasteiger partial charge in [0, 0.05) is 17.2 Å². The van der Waals surface area contributed by atoms with E-state index >= 15 is 0 Å². The highest BCUT2D eigenvalue weighted by atomic mass is 16.5. The van der Waals surface area contributed by atoms with E-state index in [-0.39, 0.29) is 0 Å². The van der Waals surface area contributed by atoms with Crippen LogP contribution in [0.25, 0.3) is 16.5 Å². The smallest absolute Gasteiger partial charge is 0.235 e. The van der Waals surface area contributed by atoms with Gasteiger partial charge in [0.15, 0.2) is 0 Å². The summed E-state index contributed by atoms with van der Waals surface area (Å²) in [4.78, 5) is 26.9. The van der Waals surface area contributed by atoms with Crippen molar-refractivity contribution in [1.29, 1.82) is 0 Å². The molecule has 0 saturated carbocycles. The number of hydrogen-bond donors (Lipinski definition) is 1. The monoisotopic (exact) mass is 443 g/mol. The number of ether oxygens (including phenoxy) is 3. The van der Waals surface area contributed by atoms with Gasteiger partial charge in [-0.05, 0) is 55.3 Å². The maximum absolute atomic E-state index is 13.5. The summed E-state index contributed by atoms with van der Waals surface area (Å²) >= 11 is 0. The van der Waals surface area contributed by atoms with Gasteiger partial charge in [0.05, 0.1) is 31.5 Å². The highest BCUT2D eigenvalue weighted by Crippen LogP contribution is 2.47. The van der Waals surface area contributed by atoms with E-state index in [2.05, 4.69) is 5.32 Å². The van der Waals surface area contributed by atoms with Gasteiger partial charge in [0.25, 0.3) is 0 Å². The number of aryl methyl sites for hydroxylation is 1. The SMILES string of the molecule is COc1ccc(OC)c(NC2C3=C(OC2(C)C)c2ccc4c(C)cccc4c2C(=O)C3=O)c1. The summed E-state index contributed by atoms with van der Waals surface area (Å²) in [5, 5.41) is 5.11. The maximum atomic E-state index is 13.5. The van der Waals surface area contributed by atoms with Crippen LogP contribution in [0, 0.1) is 6.92 Å². The molecule has 2 aliphatic rings. The molecule has 1 heterocycles. The molecular weight excluding hydrogens is 418 g/mol. The molecule has 1 aliphatic heterocycles. The Balaban J connectivity index is 1.69. The summed E-state index contributed by atoms with van der Waals surface area (Å²) in [7, 11) is 3.16. The van der Waals surface area contributed by atoms with Crippen LogP contribution in [0.5, 0.6) is 11.5 Å². The molecule has 1 unspecified atom stereocenters. The Morgan fingerprint density at radius 1 is 0.939 bits per heavy atom. The Morgan fingerprint density at radius 2 is 1.73 bits per heavy atom. The number of hydrogen-bond acceptors (Lipinski definition) is 6. The van der Waals surface area contributed by atoms with Gasteiger partial charge in [-0.1, -0.05) is 24.3 Å². The molecule has 0 saturated heterocycles. The number of anilines is 1. The molecule has 6 heteroatoms. The number of methoxy groups -OCH3 is 2. The number of Topliss-reactive ketones (excluding diaryl/α,β-unsaturated/α-hetero) is 2. The zero-order valence-corrected chi connectivity index (χ0v) is 19.2. The summed E-state index contributed by atoms with van der Waals surface area (Å²) in [6.45, 7) is 5.79. The predicted octanol–water partition coefficient (Wildman–Crippen LogP) is 4.93. The van der Waals surface area contributed by atoms with Gasteiger partial charge in [0.1, 0.15) is 22.9 Å². The molecule has 6 nitrogen and oxygen atoms in total. The zero-order valence-electron chi connectivity index (χ0n) is 19.2. The van der Waals surface area contributed by atoms with Crippen LogP contribution < -0.4 is 14.8 Å². The van der Waals surface area contributed by atoms with Gasteiger partial charge >= 0.3 is 0 Å². The number of rotatable bonds is 4. The second-order valence-corrected chi connectivity index (χ2v) is 8.91. The van der Waals surface area contributed by atoms with E-state index in [1.54, 1.807) is 32.4 Å². The van der Waals surface area contributed by atoms with Gasteiger partial charge in [0.2, 0.25) is 11.6 Å². The first-order valence-electron chi connectivity index (χ1n) is 10.8. The van der Waals surface area contributed by atoms with E-state index in [0.717, 1.165) is 16.3 Å². The maximum Gasteiger partial charge on any atom is 0.235 e. The van der Waals surface area contributed by atoms with Crippen LogP contribution in [-0.2, 0) is 9.53 Å². The lowest BCUT2D eigenvalue weighted by Gasteiger charge is -2.29. The lowest BCUT2D eigenvalue weighted by Crippen LogP contribution is -2.43. The Hall–Kier alpha value is -3.80. The second kappa shape index (κ2) is 7.37. The number of nitrogens with one attached hydrogen (secondary N) is 1. The van der Waals surface area contributed by atoms with Crippen molar-refractivity contribution in [2.75, 3.05) is 19.5 Å². The minimum absolute atomic E-state index is 0.342. The summed E-state index contributed by atoms with van der Waals surface area (Å²) in [5.74, 6) is 0.643. The third-order valence-electron chi connectivity index (χ3n) is 6.50. The Bertz CT molecular complexity index is 1370. The fraction of sp³-hybridized carbons (Fsp3) is 0.259. The number of ketones is 2. The number of benzene rings is 3. The van der Waals surface area contributed by atoms with E-state index in [1.165, 1.54) is 0 Å². The first-order chi connectivity index (χ1) is 15.8. The summed E-state index contributed by atoms with van der Waals surface area (Å²) < 4.78 is 17.2. The standard InChI is InChI=1S/C27H25NO5/c1-14-7-6-8-17-16(14)10-11-18-21(17)23(29)24(30)22-25(18)33-27(2,3)26(22)28-19-13-15(31-4)9-12-20(19)32-5/h6-13,26,28H,1-5H3. The van der Waals surface area contributed by atoms with Crippen LogP contribution in [-0.4, -0.2) is 37.4 Å². The minimum atomic E-state index is -0.794. The van der Waals surface area contributed by atoms with Gasteiger partial charge < -0.3 is 19.5 Å². The van der Waals surface area contributed by atoms with Gasteiger partial charge in [-0.2, -0.15) is 0 Å². The molecular formula is C27H25NO5. The predicted molar refractivity (Wildman–Crippen MR) is 127 cm³/mol. The molecule has 0 bridgehead atoms. The zero-order chi connectivity index (χ0) is 23.5. The van der Waals surface area contributed by atoms with Crippen LogP contribution in [0.3, 0.4) is 0 Å². The van der Waals surface area contributed by atoms with Crippen molar-refractivity contribution in [1.82, 2.24) is 0 Å². The van der Waals surface area contributed by atoms with E-state index in [0.29, 0.717) is 39.6 Å². The Morgan fingerprint density at radius 3 is 2.45 bits per heavy atom. The topological polar surface area (TPSA) is 73.9 Å². The van der Waals surface area contributed by atoms with Crippen LogP contribution in [0.4, 0.5) is 5.69 Å². The van der Waals surface area contributed by atoms with E-state index in [4.69, 9.17) is 14.2 Å². The molecule has 0 fully saturated rings. The molecule has 33 heavy (non-hydrogen) atoms. The fourth-order valence-corrected chi connectivity index (χ4v) is 4.80. The molecule has 168 valence electrons. The largest absolute Gasteiger partial charge is 0.497 e. The third-order valence-corrected chi connectivity index (χ3v) is 6.50. The molecule has 1 atom stereocenters. The van der Waals surface area contributed by atoms with Crippen LogP contribution >= 0.6 is 0 Å². The molecule has 1 aliphatic carbocycles. The first kappa shape index (κ1) is 21.1. The quantitative estimate of drug-likeness (QED) is 0.577. The summed E-state index contributed by atoms with van der Waals surface area (Å²) in [5.41, 5.74) is 2.31. The highest BCUT2D eigenvalue weighted by Gasteiger charge is 2.51. The van der Waals surface area contributed by atoms with Crippen molar-refractivity contribution in [3.8, 4) is 11.5 Å². The Labute approximate surface area is 192 Å². The van der Waals surface area contributed by atoms with E-state index in [1.807, 2.05) is 51.1 Å². The van der Waals surface area contributed by atoms with Crippen molar-refractivity contribution in [2.24, 2.45) is 0 Å². The van der Waals surface area contributed by atoms with Crippen LogP contribution in [0.1, 0.15) is 35.3 Å². The molecule has 0 spiro atoms. The van der Waals surface area contributed by atoms with Crippen molar-refractivity contribution in [3.05, 3.63) is 70.8 Å². The minimum Gasteiger partial charge on any atom is -0.497 e. The highest BCUT2D eigenvalue weighted by molar-refractivity contribution is 6.54. The lowest BCUT2D eigenvalue weighted by atomic mass is 9.81. The number of carbonyl (C=O) groups is 2. The molecule has 5 rings (SSSR count). The average Bonchev–Trinajstić information content (AvgIpc) is 3.07. The molecule has 3 aromatic rings. The molecule has 0 radical (unpaired) electrons. The van der Waals surface area contributed by atoms with Crippen LogP contribution in [0.2, 0.25) is 0 Å². The molecule has 0 aromatic heterocycles. The van der Waals surface area contributed by atoms with Crippen molar-refractivity contribution in [2.45, 2.75) is 32.4 Å². The van der Waals surface area contributed by atoms with E-state index in [9.17, 15) is 9.59 Å². The normalized spacial score (nSPS) is 18.6. The number of carbonyl (C=O) groups excluding carboxylic acids is 2. The first-order valence-corrected chi connectivity index (χ1v) is 10.8. The van der Waals surface area contributed by atoms with Crippen LogP contribution in [0.15, 0.2) is 54.1 Å². The van der Waals surface area contributed by atoms with Crippen molar-refractivity contribution >= 4 is 33.8 Å². The Kier molecular flexibility index (Phi) is 4.71. The fourth-order valence-electron chi connectivity index (χ4n) is 4.80. The van der Waals surface area contributed by atoms with Crippen molar-refractivity contribution in [3.63, 3.8) is 0 Å². The van der Waals surface area contributed by atoms with Gasteiger partial charge in [-0.3, -0.25) is 9.59 Å². The summed E-state index contributed by atoms with van der Waals surface area (Å²) in [6, 6.07) is 14.5. The second-order valence-electron chi connectivity index (χ2n) is 8.91.